The average molecular weight is 980 g/mol. The Morgan fingerprint density at radius 1 is 0.543 bits per heavy atom. The number of carbonyl (C=O) groups excluding carboxylic acids is 2. The Balaban J connectivity index is 0.905. The summed E-state index contributed by atoms with van der Waals surface area (Å²) < 4.78 is 0. The number of carbonyl (C=O) groups is 6. The van der Waals surface area contributed by atoms with Gasteiger partial charge in [-0.05, 0) is 60.2 Å². The van der Waals surface area contributed by atoms with E-state index in [1.54, 1.807) is 35.5 Å². The summed E-state index contributed by atoms with van der Waals surface area (Å²) in [7, 11) is 0. The van der Waals surface area contributed by atoms with Crippen molar-refractivity contribution in [3.63, 3.8) is 0 Å². The molecule has 4 heterocycles. The number of phenolic OH excluding ortho intramolecular Hbond substituents is 2. The summed E-state index contributed by atoms with van der Waals surface area (Å²) in [6.07, 6.45) is 1.05. The molecule has 0 aromatic heterocycles. The molecule has 0 bridgehead atoms. The molecule has 3 saturated heterocycles. The number of fused-ring (bicyclic) bond motifs is 1. The third-order valence-electron chi connectivity index (χ3n) is 14.1. The van der Waals surface area contributed by atoms with Crippen molar-refractivity contribution in [2.45, 2.75) is 64.7 Å². The molecule has 0 radical (unpaired) electrons. The zero-order chi connectivity index (χ0) is 50.5. The van der Waals surface area contributed by atoms with Crippen LogP contribution in [-0.4, -0.2) is 254 Å². The third-order valence-corrected chi connectivity index (χ3v) is 14.1. The first-order valence-electron chi connectivity index (χ1n) is 24.6. The van der Waals surface area contributed by atoms with Crippen LogP contribution in [0.15, 0.2) is 30.3 Å². The molecule has 21 nitrogen and oxygen atoms in total. The van der Waals surface area contributed by atoms with Crippen LogP contribution in [0.4, 0.5) is 0 Å². The molecule has 6 N–H and O–H groups in total. The summed E-state index contributed by atoms with van der Waals surface area (Å²) >= 11 is 0. The Hall–Kier alpha value is -5.42. The Labute approximate surface area is 410 Å². The maximum atomic E-state index is 13.5. The van der Waals surface area contributed by atoms with E-state index in [4.69, 9.17) is 0 Å². The molecule has 0 aliphatic carbocycles. The molecule has 4 aliphatic heterocycles. The lowest BCUT2D eigenvalue weighted by molar-refractivity contribution is -0.145. The van der Waals surface area contributed by atoms with Gasteiger partial charge < -0.3 is 45.3 Å². The van der Waals surface area contributed by atoms with Crippen LogP contribution in [0, 0.1) is 0 Å². The average Bonchev–Trinajstić information content (AvgIpc) is 3.73. The van der Waals surface area contributed by atoms with Crippen LogP contribution in [0.5, 0.6) is 11.5 Å². The molecule has 0 spiro atoms. The van der Waals surface area contributed by atoms with E-state index in [1.165, 1.54) is 11.6 Å². The minimum absolute atomic E-state index is 0.00124. The summed E-state index contributed by atoms with van der Waals surface area (Å²) in [5.74, 6) is -4.94. The van der Waals surface area contributed by atoms with Gasteiger partial charge in [0.25, 0.3) is 5.91 Å². The van der Waals surface area contributed by atoms with Crippen LogP contribution in [0.2, 0.25) is 0 Å². The van der Waals surface area contributed by atoms with Gasteiger partial charge in [-0.1, -0.05) is 32.0 Å². The van der Waals surface area contributed by atoms with Crippen LogP contribution in [0.25, 0.3) is 0 Å². The number of carboxylic acids is 4. The molecule has 2 aromatic rings. The highest BCUT2D eigenvalue weighted by molar-refractivity contribution is 5.97. The Morgan fingerprint density at radius 2 is 1.03 bits per heavy atom. The van der Waals surface area contributed by atoms with Gasteiger partial charge >= 0.3 is 23.9 Å². The first-order valence-corrected chi connectivity index (χ1v) is 24.6. The van der Waals surface area contributed by atoms with E-state index in [0.717, 1.165) is 76.5 Å². The fraction of sp³-hybridized carbons (Fsp3) is 0.633. The maximum Gasteiger partial charge on any atom is 0.320 e. The van der Waals surface area contributed by atoms with Crippen molar-refractivity contribution in [1.82, 2.24) is 44.1 Å². The number of aromatic hydroxyl groups is 2. The van der Waals surface area contributed by atoms with Gasteiger partial charge in [0, 0.05) is 137 Å². The molecule has 70 heavy (non-hydrogen) atoms. The molecule has 3 fully saturated rings. The quantitative estimate of drug-likeness (QED) is 0.114. The number of rotatable bonds is 19. The largest absolute Gasteiger partial charge is 0.508 e. The molecular formula is C49H73N9O12. The van der Waals surface area contributed by atoms with Crippen molar-refractivity contribution in [3.05, 3.63) is 58.1 Å². The molecule has 2 amide bonds. The van der Waals surface area contributed by atoms with Gasteiger partial charge in [-0.25, -0.2) is 0 Å². The highest BCUT2D eigenvalue weighted by atomic mass is 16.4. The number of phenols is 2. The smallest absolute Gasteiger partial charge is 0.320 e. The van der Waals surface area contributed by atoms with Crippen LogP contribution >= 0.6 is 0 Å². The second-order valence-corrected chi connectivity index (χ2v) is 19.5. The standard InChI is InChI=1S/C49H73N9O12/c1-35(2)39-27-40(43(60)28-42(39)59)48(68)58-30-37-5-4-36(26-38(37)31-58)29-52-12-10-50(11-13-52)8-3-9-51-18-24-57(25-19-51)44(61)7-6-41(49(69)70)56-22-20-54(33-46(64)65)16-14-53(32-45(62)63)15-17-55(21-23-56)34-47(66)67/h4-5,26-28,35,41,59-60H,3,6-25,29-34H2,1-2H3,(H,62,63)(H,64,65)(H,66,67)(H,69,70). The minimum Gasteiger partial charge on any atom is -0.508 e. The molecule has 1 unspecified atom stereocenters. The molecule has 6 rings (SSSR count). The molecule has 2 aromatic carbocycles. The number of nitrogens with zero attached hydrogens (tertiary/aromatic N) is 9. The van der Waals surface area contributed by atoms with E-state index in [1.807, 2.05) is 13.8 Å². The number of carboxylic acid groups (broad SMARTS) is 4. The maximum absolute atomic E-state index is 13.5. The van der Waals surface area contributed by atoms with Crippen molar-refractivity contribution in [3.8, 4) is 11.5 Å². The Bertz CT molecular complexity index is 2110. The predicted molar refractivity (Wildman–Crippen MR) is 258 cm³/mol. The van der Waals surface area contributed by atoms with Crippen LogP contribution in [0.1, 0.15) is 71.6 Å². The summed E-state index contributed by atoms with van der Waals surface area (Å²) in [5.41, 5.74) is 4.23. The molecule has 386 valence electrons. The highest BCUT2D eigenvalue weighted by Gasteiger charge is 2.31. The van der Waals surface area contributed by atoms with E-state index in [2.05, 4.69) is 32.9 Å². The van der Waals surface area contributed by atoms with Gasteiger partial charge in [0.15, 0.2) is 0 Å². The zero-order valence-corrected chi connectivity index (χ0v) is 40.8. The van der Waals surface area contributed by atoms with Gasteiger partial charge in [0.05, 0.1) is 25.2 Å². The fourth-order valence-electron chi connectivity index (χ4n) is 10.0. The molecule has 1 atom stereocenters. The molecule has 0 saturated carbocycles. The summed E-state index contributed by atoms with van der Waals surface area (Å²) in [6.45, 7) is 14.5. The number of amides is 2. The van der Waals surface area contributed by atoms with E-state index in [0.29, 0.717) is 31.7 Å². The van der Waals surface area contributed by atoms with Crippen LogP contribution in [-0.2, 0) is 43.6 Å². The zero-order valence-electron chi connectivity index (χ0n) is 40.8. The van der Waals surface area contributed by atoms with Gasteiger partial charge in [0.1, 0.15) is 17.5 Å². The Morgan fingerprint density at radius 3 is 1.54 bits per heavy atom. The van der Waals surface area contributed by atoms with Gasteiger partial charge in [-0.3, -0.25) is 58.2 Å². The number of piperazine rings is 2. The highest BCUT2D eigenvalue weighted by Crippen LogP contribution is 2.35. The van der Waals surface area contributed by atoms with E-state index in [-0.39, 0.29) is 120 Å². The SMILES string of the molecule is CC(C)c1cc(C(=O)N2Cc3ccc(CN4CCN(CCCN5CCN(C(=O)CCC(C(=O)O)N6CCN(CC(=O)O)CCN(CC(=O)O)CCN(CC(=O)O)CC6)CC5)CC4)cc3C2)c(O)cc1O. The lowest BCUT2D eigenvalue weighted by Crippen LogP contribution is -2.52. The first kappa shape index (κ1) is 53.9. The van der Waals surface area contributed by atoms with Crippen molar-refractivity contribution in [1.29, 1.82) is 0 Å². The lowest BCUT2D eigenvalue weighted by Gasteiger charge is -2.37. The monoisotopic (exact) mass is 980 g/mol. The van der Waals surface area contributed by atoms with Gasteiger partial charge in [-0.15, -0.1) is 0 Å². The van der Waals surface area contributed by atoms with Crippen LogP contribution in [0.3, 0.4) is 0 Å². The summed E-state index contributed by atoms with van der Waals surface area (Å²) in [4.78, 5) is 92.1. The van der Waals surface area contributed by atoms with Gasteiger partial charge in [-0.2, -0.15) is 0 Å². The van der Waals surface area contributed by atoms with Crippen molar-refractivity contribution in [2.24, 2.45) is 0 Å². The van der Waals surface area contributed by atoms with E-state index < -0.39 is 29.9 Å². The first-order chi connectivity index (χ1) is 33.4. The predicted octanol–water partition coefficient (Wildman–Crippen LogP) is 0.738. The minimum atomic E-state index is -1.12. The third kappa shape index (κ3) is 15.8. The number of benzene rings is 2. The topological polar surface area (TPSA) is 253 Å². The number of aliphatic carboxylic acids is 4. The van der Waals surface area contributed by atoms with E-state index >= 15 is 0 Å². The Kier molecular flexibility index (Phi) is 19.7. The second kappa shape index (κ2) is 25.6. The van der Waals surface area contributed by atoms with Gasteiger partial charge in [0.2, 0.25) is 5.91 Å². The lowest BCUT2D eigenvalue weighted by atomic mass is 9.98. The van der Waals surface area contributed by atoms with Crippen molar-refractivity contribution < 1.29 is 59.4 Å². The van der Waals surface area contributed by atoms with Crippen LogP contribution < -0.4 is 0 Å². The second-order valence-electron chi connectivity index (χ2n) is 19.5. The number of hydrogen-bond donors (Lipinski definition) is 6. The molecule has 21 heteroatoms. The van der Waals surface area contributed by atoms with Crippen molar-refractivity contribution >= 4 is 35.7 Å². The van der Waals surface area contributed by atoms with E-state index in [9.17, 15) is 59.4 Å². The normalized spacial score (nSPS) is 19.6. The number of hydrogen-bond acceptors (Lipinski definition) is 15. The molecule has 4 aliphatic rings. The summed E-state index contributed by atoms with van der Waals surface area (Å²) in [5, 5.41) is 59.7. The van der Waals surface area contributed by atoms with Crippen molar-refractivity contribution in [2.75, 3.05) is 137 Å². The molecular weight excluding hydrogens is 907 g/mol. The summed E-state index contributed by atoms with van der Waals surface area (Å²) in [6, 6.07) is 8.22. The fourth-order valence-corrected chi connectivity index (χ4v) is 10.0.